The number of nitrogens with zero attached hydrogens (tertiary/aromatic N) is 2. The average Bonchev–Trinajstić information content (AvgIpc) is 3.37. The maximum absolute atomic E-state index is 11.7. The lowest BCUT2D eigenvalue weighted by atomic mass is 9.67. The summed E-state index contributed by atoms with van der Waals surface area (Å²) in [5.41, 5.74) is 8.53. The molecule has 0 saturated heterocycles. The van der Waals surface area contributed by atoms with Gasteiger partial charge in [0.1, 0.15) is 0 Å². The molecular weight excluding hydrogens is 404 g/mol. The molecule has 1 N–H and O–H groups in total. The summed E-state index contributed by atoms with van der Waals surface area (Å²) in [5.74, 6) is 0.186. The molecule has 3 aromatic carbocycles. The van der Waals surface area contributed by atoms with E-state index in [1.54, 1.807) is 0 Å². The maximum atomic E-state index is 11.7. The number of allylic oxidation sites excluding steroid dienone is 1. The van der Waals surface area contributed by atoms with Gasteiger partial charge in [0.15, 0.2) is 0 Å². The Balaban J connectivity index is 1.38. The van der Waals surface area contributed by atoms with Crippen LogP contribution in [0.1, 0.15) is 53.8 Å². The van der Waals surface area contributed by atoms with E-state index in [-0.39, 0.29) is 11.3 Å². The largest absolute Gasteiger partial charge is 0.388 e. The minimum absolute atomic E-state index is 0.0560. The summed E-state index contributed by atoms with van der Waals surface area (Å²) in [6, 6.07) is 21.3. The van der Waals surface area contributed by atoms with E-state index in [4.69, 9.17) is 5.10 Å². The van der Waals surface area contributed by atoms with Crippen molar-refractivity contribution in [1.82, 2.24) is 9.78 Å². The van der Waals surface area contributed by atoms with Gasteiger partial charge in [-0.2, -0.15) is 5.10 Å². The van der Waals surface area contributed by atoms with Crippen molar-refractivity contribution in [2.75, 3.05) is 0 Å². The van der Waals surface area contributed by atoms with Crippen LogP contribution in [-0.4, -0.2) is 14.9 Å². The second-order valence-corrected chi connectivity index (χ2v) is 10.2. The van der Waals surface area contributed by atoms with Crippen molar-refractivity contribution < 1.29 is 5.11 Å². The van der Waals surface area contributed by atoms with E-state index in [0.717, 1.165) is 30.5 Å². The van der Waals surface area contributed by atoms with Crippen molar-refractivity contribution in [3.63, 3.8) is 0 Å². The minimum Gasteiger partial charge on any atom is -0.388 e. The number of aromatic nitrogens is 2. The van der Waals surface area contributed by atoms with E-state index in [1.807, 2.05) is 6.20 Å². The molecule has 1 heterocycles. The molecule has 1 fully saturated rings. The van der Waals surface area contributed by atoms with Gasteiger partial charge in [0.2, 0.25) is 0 Å². The molecule has 166 valence electrons. The molecule has 3 atom stereocenters. The summed E-state index contributed by atoms with van der Waals surface area (Å²) in [6.07, 6.45) is 6.85. The number of hydrogen-bond donors (Lipinski definition) is 1. The highest BCUT2D eigenvalue weighted by atomic mass is 16.3. The Bertz CT molecular complexity index is 1390. The van der Waals surface area contributed by atoms with E-state index >= 15 is 0 Å². The van der Waals surface area contributed by atoms with E-state index in [0.29, 0.717) is 0 Å². The first-order valence-corrected chi connectivity index (χ1v) is 12.0. The van der Waals surface area contributed by atoms with Crippen molar-refractivity contribution >= 4 is 16.8 Å². The minimum atomic E-state index is -0.486. The molecule has 0 radical (unpaired) electrons. The number of aryl methyl sites for hydroxylation is 2. The molecule has 33 heavy (non-hydrogen) atoms. The molecule has 1 saturated carbocycles. The molecule has 0 aliphatic heterocycles. The fourth-order valence-corrected chi connectivity index (χ4v) is 6.22. The Labute approximate surface area is 195 Å². The summed E-state index contributed by atoms with van der Waals surface area (Å²) in [4.78, 5) is 0. The van der Waals surface area contributed by atoms with E-state index in [2.05, 4.69) is 92.2 Å². The maximum Gasteiger partial charge on any atom is 0.0832 e. The lowest BCUT2D eigenvalue weighted by Gasteiger charge is -2.38. The van der Waals surface area contributed by atoms with Gasteiger partial charge in [0, 0.05) is 0 Å². The van der Waals surface area contributed by atoms with Crippen molar-refractivity contribution in [2.45, 2.75) is 46.1 Å². The Kier molecular flexibility index (Phi) is 4.60. The van der Waals surface area contributed by atoms with Gasteiger partial charge in [0.05, 0.1) is 23.7 Å². The highest BCUT2D eigenvalue weighted by molar-refractivity contribution is 5.88. The monoisotopic (exact) mass is 434 g/mol. The molecule has 0 amide bonds. The first-order valence-electron chi connectivity index (χ1n) is 12.0. The predicted octanol–water partition coefficient (Wildman–Crippen LogP) is 6.73. The topological polar surface area (TPSA) is 38.0 Å². The van der Waals surface area contributed by atoms with Crippen molar-refractivity contribution in [2.24, 2.45) is 11.3 Å². The predicted molar refractivity (Wildman–Crippen MR) is 134 cm³/mol. The molecule has 6 rings (SSSR count). The van der Waals surface area contributed by atoms with Gasteiger partial charge < -0.3 is 5.11 Å². The van der Waals surface area contributed by atoms with Crippen LogP contribution in [0.5, 0.6) is 0 Å². The van der Waals surface area contributed by atoms with Crippen LogP contribution in [0.25, 0.3) is 22.5 Å². The van der Waals surface area contributed by atoms with Crippen LogP contribution >= 0.6 is 0 Å². The third kappa shape index (κ3) is 3.10. The van der Waals surface area contributed by atoms with Crippen molar-refractivity contribution in [1.29, 1.82) is 0 Å². The molecule has 1 aromatic heterocycles. The zero-order chi connectivity index (χ0) is 22.7. The zero-order valence-corrected chi connectivity index (χ0v) is 19.5. The molecule has 0 unspecified atom stereocenters. The summed E-state index contributed by atoms with van der Waals surface area (Å²) >= 11 is 0. The van der Waals surface area contributed by atoms with E-state index in [1.165, 1.54) is 38.7 Å². The first-order chi connectivity index (χ1) is 16.0. The Morgan fingerprint density at radius 1 is 1.00 bits per heavy atom. The van der Waals surface area contributed by atoms with Gasteiger partial charge in [-0.1, -0.05) is 66.6 Å². The summed E-state index contributed by atoms with van der Waals surface area (Å²) < 4.78 is 2.07. The van der Waals surface area contributed by atoms with Gasteiger partial charge in [0.25, 0.3) is 0 Å². The van der Waals surface area contributed by atoms with Gasteiger partial charge in [-0.05, 0) is 90.1 Å². The summed E-state index contributed by atoms with van der Waals surface area (Å²) in [6.45, 7) is 6.60. The summed E-state index contributed by atoms with van der Waals surface area (Å²) in [7, 11) is 0. The molecule has 2 aliphatic rings. The van der Waals surface area contributed by atoms with Crippen molar-refractivity contribution in [3.8, 4) is 5.69 Å². The quantitative estimate of drug-likeness (QED) is 0.388. The second-order valence-electron chi connectivity index (χ2n) is 10.2. The number of hydrogen-bond acceptors (Lipinski definition) is 2. The fourth-order valence-electron chi connectivity index (χ4n) is 6.22. The van der Waals surface area contributed by atoms with Crippen LogP contribution in [-0.2, 0) is 6.42 Å². The third-order valence-corrected chi connectivity index (χ3v) is 8.19. The van der Waals surface area contributed by atoms with Crippen LogP contribution in [0.2, 0.25) is 0 Å². The Hall–Kier alpha value is -3.17. The standard InChI is InChI=1S/C30H30N2O/c1-19-8-12-23(13-9-19)32-28-16-22-11-15-27(30(22,3)17-21(28)18-31-32)29(33)26-14-10-20(2)24-6-4-5-7-25(24)26/h4-10,12-14,16,18,27,29,33H,11,15,17H2,1-3H3/t27-,29+,30+/m1/s1. The van der Waals surface area contributed by atoms with Crippen LogP contribution in [0.3, 0.4) is 0 Å². The highest BCUT2D eigenvalue weighted by Gasteiger charge is 2.48. The van der Waals surface area contributed by atoms with Crippen LogP contribution in [0.15, 0.2) is 72.4 Å². The molecule has 0 bridgehead atoms. The lowest BCUT2D eigenvalue weighted by Crippen LogP contribution is -2.32. The second kappa shape index (κ2) is 7.43. The third-order valence-electron chi connectivity index (χ3n) is 8.19. The van der Waals surface area contributed by atoms with Gasteiger partial charge >= 0.3 is 0 Å². The molecule has 0 spiro atoms. The SMILES string of the molecule is Cc1ccc(-n2ncc3c2C=C2CC[C@H]([C@@H](O)c4ccc(C)c5ccccc45)[C@@]2(C)C3)cc1. The smallest absolute Gasteiger partial charge is 0.0832 e. The molecule has 3 heteroatoms. The van der Waals surface area contributed by atoms with Crippen LogP contribution in [0.4, 0.5) is 0 Å². The number of aliphatic hydroxyl groups is 1. The molecule has 3 nitrogen and oxygen atoms in total. The molecule has 2 aliphatic carbocycles. The lowest BCUT2D eigenvalue weighted by molar-refractivity contribution is 0.0567. The molecule has 4 aromatic rings. The average molecular weight is 435 g/mol. The molecular formula is C30H30N2O. The first kappa shape index (κ1) is 20.4. The number of fused-ring (bicyclic) bond motifs is 3. The van der Waals surface area contributed by atoms with Crippen LogP contribution in [0, 0.1) is 25.2 Å². The van der Waals surface area contributed by atoms with Gasteiger partial charge in [-0.3, -0.25) is 0 Å². The van der Waals surface area contributed by atoms with Crippen LogP contribution < -0.4 is 0 Å². The zero-order valence-electron chi connectivity index (χ0n) is 19.5. The number of rotatable bonds is 3. The van der Waals surface area contributed by atoms with E-state index in [9.17, 15) is 5.11 Å². The Morgan fingerprint density at radius 3 is 2.55 bits per heavy atom. The van der Waals surface area contributed by atoms with Gasteiger partial charge in [-0.25, -0.2) is 4.68 Å². The van der Waals surface area contributed by atoms with Crippen molar-refractivity contribution in [3.05, 3.63) is 100 Å². The fraction of sp³-hybridized carbons (Fsp3) is 0.300. The highest BCUT2D eigenvalue weighted by Crippen LogP contribution is 2.57. The number of benzene rings is 3. The normalized spacial score (nSPS) is 22.7. The van der Waals surface area contributed by atoms with E-state index < -0.39 is 6.10 Å². The Morgan fingerprint density at radius 2 is 1.76 bits per heavy atom. The number of aliphatic hydroxyl groups excluding tert-OH is 1. The summed E-state index contributed by atoms with van der Waals surface area (Å²) in [5, 5.41) is 18.9. The van der Waals surface area contributed by atoms with Gasteiger partial charge in [-0.15, -0.1) is 0 Å².